The molecule has 1 aromatic carbocycles. The summed E-state index contributed by atoms with van der Waals surface area (Å²) >= 11 is 0. The van der Waals surface area contributed by atoms with Crippen LogP contribution in [0.4, 0.5) is 4.39 Å². The Bertz CT molecular complexity index is 739. The predicted octanol–water partition coefficient (Wildman–Crippen LogP) is 2.36. The summed E-state index contributed by atoms with van der Waals surface area (Å²) in [6, 6.07) is 4.20. The van der Waals surface area contributed by atoms with Gasteiger partial charge in [-0.3, -0.25) is 14.1 Å². The minimum atomic E-state index is -0.439. The number of piperidine rings is 1. The van der Waals surface area contributed by atoms with Crippen molar-refractivity contribution in [2.45, 2.75) is 37.4 Å². The van der Waals surface area contributed by atoms with E-state index < -0.39 is 6.67 Å². The van der Waals surface area contributed by atoms with Crippen LogP contribution >= 0.6 is 24.8 Å². The number of hydrogen-bond donors (Lipinski definition) is 1. The monoisotopic (exact) mass is 449 g/mol. The first kappa shape index (κ1) is 24.0. The molecule has 6 nitrogen and oxygen atoms in total. The number of fused-ring (bicyclic) bond motifs is 3. The molecule has 2 unspecified atom stereocenters. The van der Waals surface area contributed by atoms with Crippen molar-refractivity contribution in [3.8, 4) is 11.5 Å². The predicted molar refractivity (Wildman–Crippen MR) is 114 cm³/mol. The van der Waals surface area contributed by atoms with E-state index in [-0.39, 0.29) is 54.8 Å². The third-order valence-electron chi connectivity index (χ3n) is 6.38. The van der Waals surface area contributed by atoms with Gasteiger partial charge < -0.3 is 20.1 Å². The van der Waals surface area contributed by atoms with Gasteiger partial charge in [0, 0.05) is 44.1 Å². The fourth-order valence-corrected chi connectivity index (χ4v) is 4.93. The molecule has 4 atom stereocenters. The fourth-order valence-electron chi connectivity index (χ4n) is 4.93. The van der Waals surface area contributed by atoms with Crippen molar-refractivity contribution in [2.75, 3.05) is 40.5 Å². The molecule has 0 saturated carbocycles. The molecule has 1 aromatic rings. The number of carbonyl (C=O) groups is 1. The molecule has 29 heavy (non-hydrogen) atoms. The third-order valence-corrected chi connectivity index (χ3v) is 6.38. The van der Waals surface area contributed by atoms with Gasteiger partial charge in [-0.25, -0.2) is 0 Å². The average molecular weight is 450 g/mol. The number of alkyl halides is 1. The van der Waals surface area contributed by atoms with Gasteiger partial charge >= 0.3 is 0 Å². The van der Waals surface area contributed by atoms with Crippen molar-refractivity contribution in [3.05, 3.63) is 23.3 Å². The first-order valence-electron chi connectivity index (χ1n) is 9.65. The zero-order valence-corrected chi connectivity index (χ0v) is 18.4. The molecule has 4 rings (SSSR count). The van der Waals surface area contributed by atoms with Gasteiger partial charge in [0.05, 0.1) is 26.9 Å². The van der Waals surface area contributed by atoms with Crippen LogP contribution in [0, 0.1) is 5.92 Å². The van der Waals surface area contributed by atoms with Crippen molar-refractivity contribution >= 4 is 30.7 Å². The van der Waals surface area contributed by atoms with Crippen LogP contribution in [0.15, 0.2) is 12.1 Å². The van der Waals surface area contributed by atoms with Gasteiger partial charge in [0.1, 0.15) is 0 Å². The number of hydrogen-bond acceptors (Lipinski definition) is 5. The smallest absolute Gasteiger partial charge is 0.223 e. The average Bonchev–Trinajstić information content (AvgIpc) is 3.06. The van der Waals surface area contributed by atoms with Crippen LogP contribution in [0.1, 0.15) is 30.0 Å². The van der Waals surface area contributed by atoms with Gasteiger partial charge in [-0.2, -0.15) is 0 Å². The standard InChI is InChI=1S/C20H28FN3O3.2ClH/c1-26-18-6-13-3-4-23-11-17(24-10-12(9-21)5-20(24)25)15(22)8-16(23)14(13)7-19(18)27-2;;/h6-7,12,15-17H,3-5,8-11,22H2,1-2H3;2*1H/t12-,15?,16-,17?;;/m0../s1. The summed E-state index contributed by atoms with van der Waals surface area (Å²) in [7, 11) is 3.30. The van der Waals surface area contributed by atoms with Gasteiger partial charge in [-0.1, -0.05) is 0 Å². The number of likely N-dealkylation sites (tertiary alicyclic amines) is 1. The molecular weight excluding hydrogens is 420 g/mol. The Labute approximate surface area is 183 Å². The zero-order chi connectivity index (χ0) is 19.1. The van der Waals surface area contributed by atoms with E-state index in [0.717, 1.165) is 37.4 Å². The summed E-state index contributed by atoms with van der Waals surface area (Å²) in [5, 5.41) is 0. The van der Waals surface area contributed by atoms with Gasteiger partial charge in [-0.05, 0) is 36.1 Å². The summed E-state index contributed by atoms with van der Waals surface area (Å²) in [4.78, 5) is 16.6. The second-order valence-corrected chi connectivity index (χ2v) is 7.90. The summed E-state index contributed by atoms with van der Waals surface area (Å²) in [5.74, 6) is 1.35. The van der Waals surface area contributed by atoms with Gasteiger partial charge in [-0.15, -0.1) is 24.8 Å². The molecular formula is C20H30Cl2FN3O3. The fraction of sp³-hybridized carbons (Fsp3) is 0.650. The number of benzene rings is 1. The molecule has 0 radical (unpaired) electrons. The molecule has 2 fully saturated rings. The Morgan fingerprint density at radius 1 is 1.17 bits per heavy atom. The number of carbonyl (C=O) groups excluding carboxylic acids is 1. The highest BCUT2D eigenvalue weighted by Crippen LogP contribution is 2.42. The molecule has 164 valence electrons. The Hall–Kier alpha value is -1.28. The number of ether oxygens (including phenoxy) is 2. The van der Waals surface area contributed by atoms with E-state index in [9.17, 15) is 9.18 Å². The summed E-state index contributed by atoms with van der Waals surface area (Å²) in [5.41, 5.74) is 9.04. The number of nitrogens with zero attached hydrogens (tertiary/aromatic N) is 2. The molecule has 0 aliphatic carbocycles. The lowest BCUT2D eigenvalue weighted by Crippen LogP contribution is -2.60. The van der Waals surface area contributed by atoms with Gasteiger partial charge in [0.25, 0.3) is 0 Å². The van der Waals surface area contributed by atoms with Crippen LogP contribution in [0.2, 0.25) is 0 Å². The van der Waals surface area contributed by atoms with E-state index in [4.69, 9.17) is 15.2 Å². The highest BCUT2D eigenvalue weighted by Gasteiger charge is 2.44. The lowest BCUT2D eigenvalue weighted by Gasteiger charge is -2.48. The molecule has 2 saturated heterocycles. The van der Waals surface area contributed by atoms with Crippen molar-refractivity contribution in [3.63, 3.8) is 0 Å². The number of amides is 1. The number of nitrogens with two attached hydrogens (primary N) is 1. The van der Waals surface area contributed by atoms with Crippen LogP contribution < -0.4 is 15.2 Å². The van der Waals surface area contributed by atoms with Crippen LogP contribution in [0.5, 0.6) is 11.5 Å². The lowest BCUT2D eigenvalue weighted by molar-refractivity contribution is -0.131. The molecule has 0 bridgehead atoms. The highest BCUT2D eigenvalue weighted by atomic mass is 35.5. The van der Waals surface area contributed by atoms with Crippen LogP contribution in [0.25, 0.3) is 0 Å². The summed E-state index contributed by atoms with van der Waals surface area (Å²) in [6.45, 7) is 1.72. The first-order valence-corrected chi connectivity index (χ1v) is 9.65. The molecule has 2 N–H and O–H groups in total. The van der Waals surface area contributed by atoms with Gasteiger partial charge in [0.15, 0.2) is 11.5 Å². The Kier molecular flexibility index (Phi) is 8.01. The molecule has 9 heteroatoms. The second kappa shape index (κ2) is 9.69. The summed E-state index contributed by atoms with van der Waals surface area (Å²) < 4.78 is 24.0. The number of rotatable bonds is 4. The van der Waals surface area contributed by atoms with E-state index in [1.54, 1.807) is 14.2 Å². The largest absolute Gasteiger partial charge is 0.493 e. The van der Waals surface area contributed by atoms with E-state index >= 15 is 0 Å². The van der Waals surface area contributed by atoms with Crippen LogP contribution in [-0.2, 0) is 11.2 Å². The Balaban J connectivity index is 0.00000150. The van der Waals surface area contributed by atoms with Crippen molar-refractivity contribution in [1.29, 1.82) is 0 Å². The quantitative estimate of drug-likeness (QED) is 0.763. The van der Waals surface area contributed by atoms with E-state index in [1.807, 2.05) is 4.90 Å². The third kappa shape index (κ3) is 4.29. The molecule has 3 aliphatic heterocycles. The molecule has 0 spiro atoms. The zero-order valence-electron chi connectivity index (χ0n) is 16.8. The van der Waals surface area contributed by atoms with Gasteiger partial charge in [0.2, 0.25) is 5.91 Å². The highest BCUT2D eigenvalue weighted by molar-refractivity contribution is 5.85. The second-order valence-electron chi connectivity index (χ2n) is 7.90. The number of methoxy groups -OCH3 is 2. The van der Waals surface area contributed by atoms with Crippen LogP contribution in [0.3, 0.4) is 0 Å². The lowest BCUT2D eigenvalue weighted by atomic mass is 9.83. The maximum Gasteiger partial charge on any atom is 0.223 e. The van der Waals surface area contributed by atoms with Crippen molar-refractivity contribution < 1.29 is 18.7 Å². The Morgan fingerprint density at radius 2 is 1.86 bits per heavy atom. The van der Waals surface area contributed by atoms with Crippen molar-refractivity contribution in [1.82, 2.24) is 9.80 Å². The molecule has 3 heterocycles. The SMILES string of the molecule is COc1cc2c(cc1OC)[C@@H]1CC(N)C(N3C[C@H](CF)CC3=O)CN1CC2.Cl.Cl. The molecule has 3 aliphatic rings. The maximum atomic E-state index is 13.0. The maximum absolute atomic E-state index is 13.0. The minimum Gasteiger partial charge on any atom is -0.493 e. The van der Waals surface area contributed by atoms with E-state index in [2.05, 4.69) is 17.0 Å². The molecule has 0 aromatic heterocycles. The first-order chi connectivity index (χ1) is 13.0. The van der Waals surface area contributed by atoms with E-state index in [1.165, 1.54) is 11.1 Å². The Morgan fingerprint density at radius 3 is 2.48 bits per heavy atom. The number of halogens is 3. The van der Waals surface area contributed by atoms with Crippen LogP contribution in [-0.4, -0.2) is 68.3 Å². The molecule has 1 amide bonds. The van der Waals surface area contributed by atoms with Crippen molar-refractivity contribution in [2.24, 2.45) is 11.7 Å². The minimum absolute atomic E-state index is 0. The summed E-state index contributed by atoms with van der Waals surface area (Å²) in [6.07, 6.45) is 2.01. The van der Waals surface area contributed by atoms with E-state index in [0.29, 0.717) is 13.0 Å². The topological polar surface area (TPSA) is 68.0 Å². The normalized spacial score (nSPS) is 28.7.